The van der Waals surface area contributed by atoms with Crippen molar-refractivity contribution in [2.75, 3.05) is 19.3 Å². The van der Waals surface area contributed by atoms with Gasteiger partial charge in [-0.05, 0) is 37.9 Å². The van der Waals surface area contributed by atoms with Crippen LogP contribution in [0.2, 0.25) is 0 Å². The van der Waals surface area contributed by atoms with Crippen LogP contribution >= 0.6 is 0 Å². The maximum Gasteiger partial charge on any atom is 0.0347 e. The van der Waals surface area contributed by atoms with E-state index < -0.39 is 0 Å². The molecule has 0 spiro atoms. The van der Waals surface area contributed by atoms with Crippen LogP contribution in [0.25, 0.3) is 0 Å². The molecule has 18 heavy (non-hydrogen) atoms. The van der Waals surface area contributed by atoms with Crippen molar-refractivity contribution in [3.8, 4) is 0 Å². The molecule has 0 aromatic heterocycles. The molecule has 1 aromatic rings. The Labute approximate surface area is 111 Å². The van der Waals surface area contributed by atoms with Crippen LogP contribution in [-0.4, -0.2) is 24.5 Å². The molecule has 1 aliphatic carbocycles. The molecule has 0 aliphatic heterocycles. The maximum atomic E-state index is 5.99. The molecule has 1 saturated carbocycles. The molecule has 0 saturated heterocycles. The van der Waals surface area contributed by atoms with Crippen LogP contribution in [0.15, 0.2) is 24.3 Å². The van der Waals surface area contributed by atoms with E-state index in [2.05, 4.69) is 24.1 Å². The Morgan fingerprint density at radius 1 is 1.11 bits per heavy atom. The number of benzene rings is 1. The summed E-state index contributed by atoms with van der Waals surface area (Å²) in [7, 11) is 2.27. The van der Waals surface area contributed by atoms with Crippen LogP contribution in [0.5, 0.6) is 0 Å². The van der Waals surface area contributed by atoms with Gasteiger partial charge < -0.3 is 10.6 Å². The summed E-state index contributed by atoms with van der Waals surface area (Å²) in [6, 6.07) is 9.03. The van der Waals surface area contributed by atoms with Crippen LogP contribution in [0.1, 0.15) is 44.1 Å². The highest BCUT2D eigenvalue weighted by atomic mass is 15.1. The van der Waals surface area contributed by atoms with Crippen LogP contribution in [-0.2, 0) is 6.42 Å². The lowest BCUT2D eigenvalue weighted by atomic mass is 10.1. The molecule has 2 heteroatoms. The lowest BCUT2D eigenvalue weighted by molar-refractivity contribution is 0.223. The maximum absolute atomic E-state index is 5.99. The zero-order valence-corrected chi connectivity index (χ0v) is 11.6. The quantitative estimate of drug-likeness (QED) is 0.651. The third kappa shape index (κ3) is 3.74. The van der Waals surface area contributed by atoms with Gasteiger partial charge in [0, 0.05) is 18.3 Å². The average Bonchev–Trinajstić information content (AvgIpc) is 2.66. The zero-order chi connectivity index (χ0) is 12.8. The molecule has 0 amide bonds. The second kappa shape index (κ2) is 6.79. The van der Waals surface area contributed by atoms with Gasteiger partial charge >= 0.3 is 0 Å². The second-order valence-corrected chi connectivity index (χ2v) is 5.57. The van der Waals surface area contributed by atoms with Gasteiger partial charge in [0.2, 0.25) is 0 Å². The Morgan fingerprint density at radius 3 is 2.44 bits per heavy atom. The smallest absolute Gasteiger partial charge is 0.0347 e. The van der Waals surface area contributed by atoms with Gasteiger partial charge in [0.1, 0.15) is 0 Å². The minimum atomic E-state index is 0.789. The van der Waals surface area contributed by atoms with Crippen molar-refractivity contribution < 1.29 is 0 Å². The fraction of sp³-hybridized carbons (Fsp3) is 0.625. The van der Waals surface area contributed by atoms with Gasteiger partial charge in [0.25, 0.3) is 0 Å². The highest BCUT2D eigenvalue weighted by molar-refractivity contribution is 5.46. The number of anilines is 1. The lowest BCUT2D eigenvalue weighted by Gasteiger charge is -2.27. The van der Waals surface area contributed by atoms with Crippen molar-refractivity contribution in [2.24, 2.45) is 0 Å². The Morgan fingerprint density at radius 2 is 1.78 bits per heavy atom. The van der Waals surface area contributed by atoms with Crippen molar-refractivity contribution in [3.63, 3.8) is 0 Å². The molecule has 0 heterocycles. The van der Waals surface area contributed by atoms with Crippen molar-refractivity contribution in [3.05, 3.63) is 29.8 Å². The first-order valence-electron chi connectivity index (χ1n) is 7.31. The van der Waals surface area contributed by atoms with E-state index in [4.69, 9.17) is 5.73 Å². The summed E-state index contributed by atoms with van der Waals surface area (Å²) in [5, 5.41) is 0. The van der Waals surface area contributed by atoms with Crippen LogP contribution in [0.4, 0.5) is 5.69 Å². The van der Waals surface area contributed by atoms with Gasteiger partial charge in [-0.15, -0.1) is 0 Å². The third-order valence-corrected chi connectivity index (χ3v) is 4.24. The largest absolute Gasteiger partial charge is 0.399 e. The zero-order valence-electron chi connectivity index (χ0n) is 11.6. The predicted octanol–water partition coefficient (Wildman–Crippen LogP) is 3.47. The Hall–Kier alpha value is -1.02. The Balaban J connectivity index is 1.83. The molecule has 2 rings (SSSR count). The van der Waals surface area contributed by atoms with Crippen molar-refractivity contribution >= 4 is 5.69 Å². The number of nitrogen functional groups attached to an aromatic ring is 1. The van der Waals surface area contributed by atoms with E-state index in [1.807, 2.05) is 12.1 Å². The summed E-state index contributed by atoms with van der Waals surface area (Å²) in [6.45, 7) is 1.12. The van der Waals surface area contributed by atoms with E-state index >= 15 is 0 Å². The molecule has 0 radical (unpaired) electrons. The number of nitrogens with two attached hydrogens (primary N) is 1. The summed E-state index contributed by atoms with van der Waals surface area (Å²) in [5.41, 5.74) is 8.22. The van der Waals surface area contributed by atoms with E-state index in [0.29, 0.717) is 0 Å². The van der Waals surface area contributed by atoms with Crippen LogP contribution in [0.3, 0.4) is 0 Å². The third-order valence-electron chi connectivity index (χ3n) is 4.24. The fourth-order valence-corrected chi connectivity index (χ4v) is 2.94. The van der Waals surface area contributed by atoms with Crippen LogP contribution < -0.4 is 5.73 Å². The Bertz CT molecular complexity index is 354. The van der Waals surface area contributed by atoms with E-state index in [0.717, 1.165) is 24.7 Å². The van der Waals surface area contributed by atoms with Gasteiger partial charge in [-0.25, -0.2) is 0 Å². The van der Waals surface area contributed by atoms with Crippen molar-refractivity contribution in [2.45, 2.75) is 51.0 Å². The Kier molecular flexibility index (Phi) is 5.06. The number of nitrogens with zero attached hydrogens (tertiary/aromatic N) is 1. The average molecular weight is 246 g/mol. The topological polar surface area (TPSA) is 29.3 Å². The summed E-state index contributed by atoms with van der Waals surface area (Å²) >= 11 is 0. The molecule has 2 nitrogen and oxygen atoms in total. The number of hydrogen-bond acceptors (Lipinski definition) is 2. The first-order chi connectivity index (χ1) is 8.77. The normalized spacial score (nSPS) is 17.9. The monoisotopic (exact) mass is 246 g/mol. The molecular weight excluding hydrogens is 220 g/mol. The van der Waals surface area contributed by atoms with E-state index in [1.54, 1.807) is 0 Å². The highest BCUT2D eigenvalue weighted by Gasteiger charge is 2.16. The first kappa shape index (κ1) is 13.4. The van der Waals surface area contributed by atoms with Gasteiger partial charge in [-0.1, -0.05) is 43.9 Å². The molecule has 1 aliphatic rings. The van der Waals surface area contributed by atoms with E-state index in [-0.39, 0.29) is 0 Å². The SMILES string of the molecule is CN(CCc1ccccc1N)C1CCCCCC1. The molecule has 100 valence electrons. The predicted molar refractivity (Wildman–Crippen MR) is 78.7 cm³/mol. The van der Waals surface area contributed by atoms with Gasteiger partial charge in [0.15, 0.2) is 0 Å². The second-order valence-electron chi connectivity index (χ2n) is 5.57. The summed E-state index contributed by atoms with van der Waals surface area (Å²) in [6.07, 6.45) is 9.48. The van der Waals surface area contributed by atoms with E-state index in [1.165, 1.54) is 44.1 Å². The molecular formula is C16H26N2. The minimum absolute atomic E-state index is 0.789. The number of likely N-dealkylation sites (N-methyl/N-ethyl adjacent to an activating group) is 1. The van der Waals surface area contributed by atoms with Gasteiger partial charge in [-0.2, -0.15) is 0 Å². The van der Waals surface area contributed by atoms with Gasteiger partial charge in [-0.3, -0.25) is 0 Å². The summed E-state index contributed by atoms with van der Waals surface area (Å²) in [4.78, 5) is 2.54. The van der Waals surface area contributed by atoms with Crippen molar-refractivity contribution in [1.29, 1.82) is 0 Å². The molecule has 2 N–H and O–H groups in total. The standard InChI is InChI=1S/C16H26N2/c1-18(15-9-4-2-3-5-10-15)13-12-14-8-6-7-11-16(14)17/h6-8,11,15H,2-5,9-10,12-13,17H2,1H3. The molecule has 0 bridgehead atoms. The van der Waals surface area contributed by atoms with Crippen molar-refractivity contribution in [1.82, 2.24) is 4.90 Å². The number of para-hydroxylation sites is 1. The first-order valence-corrected chi connectivity index (χ1v) is 7.31. The van der Waals surface area contributed by atoms with Crippen LogP contribution in [0, 0.1) is 0 Å². The lowest BCUT2D eigenvalue weighted by Crippen LogP contribution is -2.33. The molecule has 1 aromatic carbocycles. The summed E-state index contributed by atoms with van der Waals surface area (Å²) in [5.74, 6) is 0. The molecule has 0 atom stereocenters. The molecule has 0 unspecified atom stereocenters. The minimum Gasteiger partial charge on any atom is -0.399 e. The fourth-order valence-electron chi connectivity index (χ4n) is 2.94. The van der Waals surface area contributed by atoms with E-state index in [9.17, 15) is 0 Å². The molecule has 1 fully saturated rings. The van der Waals surface area contributed by atoms with Gasteiger partial charge in [0.05, 0.1) is 0 Å². The number of hydrogen-bond donors (Lipinski definition) is 1. The summed E-state index contributed by atoms with van der Waals surface area (Å²) < 4.78 is 0. The highest BCUT2D eigenvalue weighted by Crippen LogP contribution is 2.21. The number of rotatable bonds is 4.